The van der Waals surface area contributed by atoms with Crippen LogP contribution in [0.1, 0.15) is 18.3 Å². The van der Waals surface area contributed by atoms with Gasteiger partial charge >= 0.3 is 0 Å². The number of likely N-dealkylation sites (N-methyl/N-ethyl adjacent to an activating group) is 1. The fraction of sp³-hybridized carbons (Fsp3) is 0.353. The van der Waals surface area contributed by atoms with Crippen LogP contribution in [0.4, 0.5) is 10.1 Å². The van der Waals surface area contributed by atoms with Crippen molar-refractivity contribution in [3.63, 3.8) is 0 Å². The molecule has 0 unspecified atom stereocenters. The Hall–Kier alpha value is -1.94. The maximum atomic E-state index is 12.8. The minimum atomic E-state index is -0.207. The van der Waals surface area contributed by atoms with E-state index in [1.54, 1.807) is 12.1 Å². The molecule has 3 nitrogen and oxygen atoms in total. The number of aromatic nitrogens is 1. The van der Waals surface area contributed by atoms with E-state index in [2.05, 4.69) is 28.2 Å². The topological polar surface area (TPSA) is 28.2 Å². The lowest BCUT2D eigenvalue weighted by atomic mass is 10.3. The largest absolute Gasteiger partial charge is 0.384 e. The average Bonchev–Trinajstić information content (AvgIpc) is 2.48. The highest BCUT2D eigenvalue weighted by molar-refractivity contribution is 5.42. The molecule has 0 fully saturated rings. The number of anilines is 1. The van der Waals surface area contributed by atoms with E-state index in [0.717, 1.165) is 43.3 Å². The van der Waals surface area contributed by atoms with Gasteiger partial charge in [0.05, 0.1) is 5.69 Å². The van der Waals surface area contributed by atoms with Gasteiger partial charge in [0.1, 0.15) is 5.82 Å². The molecule has 0 saturated carbocycles. The van der Waals surface area contributed by atoms with Crippen molar-refractivity contribution in [1.82, 2.24) is 9.88 Å². The molecule has 21 heavy (non-hydrogen) atoms. The Balaban J connectivity index is 1.81. The Kier molecular flexibility index (Phi) is 5.69. The normalized spacial score (nSPS) is 10.9. The minimum Gasteiger partial charge on any atom is -0.384 e. The fourth-order valence-electron chi connectivity index (χ4n) is 2.19. The molecule has 0 spiro atoms. The molecular formula is C17H22FN3. The van der Waals surface area contributed by atoms with E-state index in [-0.39, 0.29) is 5.82 Å². The Morgan fingerprint density at radius 3 is 2.57 bits per heavy atom. The second-order valence-corrected chi connectivity index (χ2v) is 5.07. The van der Waals surface area contributed by atoms with Gasteiger partial charge in [0.2, 0.25) is 0 Å². The summed E-state index contributed by atoms with van der Waals surface area (Å²) < 4.78 is 12.8. The summed E-state index contributed by atoms with van der Waals surface area (Å²) in [5, 5.41) is 3.31. The summed E-state index contributed by atoms with van der Waals surface area (Å²) in [6, 6.07) is 12.6. The lowest BCUT2D eigenvalue weighted by Crippen LogP contribution is -2.29. The number of pyridine rings is 1. The number of nitrogens with zero attached hydrogens (tertiary/aromatic N) is 2. The molecule has 0 aliphatic rings. The Morgan fingerprint density at radius 1 is 1.14 bits per heavy atom. The predicted octanol–water partition coefficient (Wildman–Crippen LogP) is 3.46. The van der Waals surface area contributed by atoms with Gasteiger partial charge in [0.25, 0.3) is 0 Å². The highest BCUT2D eigenvalue weighted by Crippen LogP contribution is 2.08. The van der Waals surface area contributed by atoms with Crippen molar-refractivity contribution in [2.75, 3.05) is 25.0 Å². The summed E-state index contributed by atoms with van der Waals surface area (Å²) in [5.74, 6) is -0.207. The van der Waals surface area contributed by atoms with E-state index in [4.69, 9.17) is 0 Å². The molecule has 0 saturated heterocycles. The van der Waals surface area contributed by atoms with Crippen LogP contribution in [0.3, 0.4) is 0 Å². The smallest absolute Gasteiger partial charge is 0.123 e. The van der Waals surface area contributed by atoms with Gasteiger partial charge in [0.15, 0.2) is 0 Å². The number of aryl methyl sites for hydroxylation is 1. The van der Waals surface area contributed by atoms with Crippen LogP contribution in [0.2, 0.25) is 0 Å². The van der Waals surface area contributed by atoms with Crippen molar-refractivity contribution in [2.45, 2.75) is 20.4 Å². The van der Waals surface area contributed by atoms with Crippen LogP contribution in [0, 0.1) is 12.7 Å². The van der Waals surface area contributed by atoms with E-state index in [0.29, 0.717) is 0 Å². The number of nitrogens with one attached hydrogen (secondary N) is 1. The highest BCUT2D eigenvalue weighted by atomic mass is 19.1. The maximum absolute atomic E-state index is 12.8. The van der Waals surface area contributed by atoms with Crippen molar-refractivity contribution >= 4 is 5.69 Å². The molecule has 0 atom stereocenters. The first-order chi connectivity index (χ1) is 10.2. The molecular weight excluding hydrogens is 265 g/mol. The first-order valence-electron chi connectivity index (χ1n) is 7.31. The van der Waals surface area contributed by atoms with E-state index < -0.39 is 0 Å². The van der Waals surface area contributed by atoms with Crippen LogP contribution in [0.5, 0.6) is 0 Å². The summed E-state index contributed by atoms with van der Waals surface area (Å²) in [5.41, 5.74) is 3.09. The second kappa shape index (κ2) is 7.74. The Bertz CT molecular complexity index is 554. The van der Waals surface area contributed by atoms with Gasteiger partial charge in [-0.15, -0.1) is 0 Å². The molecule has 0 bridgehead atoms. The molecule has 2 rings (SSSR count). The minimum absolute atomic E-state index is 0.207. The molecule has 1 N–H and O–H groups in total. The van der Waals surface area contributed by atoms with Crippen molar-refractivity contribution in [3.8, 4) is 0 Å². The molecule has 0 radical (unpaired) electrons. The van der Waals surface area contributed by atoms with E-state index in [1.807, 2.05) is 19.1 Å². The number of benzene rings is 1. The quantitative estimate of drug-likeness (QED) is 0.845. The van der Waals surface area contributed by atoms with E-state index in [1.165, 1.54) is 12.1 Å². The summed E-state index contributed by atoms with van der Waals surface area (Å²) in [7, 11) is 0. The third kappa shape index (κ3) is 5.16. The van der Waals surface area contributed by atoms with Crippen molar-refractivity contribution < 1.29 is 4.39 Å². The third-order valence-corrected chi connectivity index (χ3v) is 3.38. The Morgan fingerprint density at radius 2 is 1.90 bits per heavy atom. The van der Waals surface area contributed by atoms with Gasteiger partial charge in [0, 0.05) is 31.0 Å². The van der Waals surface area contributed by atoms with Crippen molar-refractivity contribution in [3.05, 3.63) is 59.7 Å². The van der Waals surface area contributed by atoms with Crippen molar-refractivity contribution in [1.29, 1.82) is 0 Å². The zero-order chi connectivity index (χ0) is 15.1. The summed E-state index contributed by atoms with van der Waals surface area (Å²) in [6.07, 6.45) is 0. The van der Waals surface area contributed by atoms with Gasteiger partial charge < -0.3 is 5.32 Å². The van der Waals surface area contributed by atoms with Gasteiger partial charge in [-0.3, -0.25) is 9.88 Å². The van der Waals surface area contributed by atoms with Crippen molar-refractivity contribution in [2.24, 2.45) is 0 Å². The molecule has 4 heteroatoms. The molecule has 1 aromatic heterocycles. The third-order valence-electron chi connectivity index (χ3n) is 3.38. The summed E-state index contributed by atoms with van der Waals surface area (Å²) in [4.78, 5) is 6.86. The summed E-state index contributed by atoms with van der Waals surface area (Å²) >= 11 is 0. The predicted molar refractivity (Wildman–Crippen MR) is 84.8 cm³/mol. The molecule has 1 heterocycles. The number of rotatable bonds is 7. The molecule has 2 aromatic rings. The first kappa shape index (κ1) is 15.4. The van der Waals surface area contributed by atoms with Crippen LogP contribution >= 0.6 is 0 Å². The second-order valence-electron chi connectivity index (χ2n) is 5.07. The molecule has 0 aliphatic heterocycles. The van der Waals surface area contributed by atoms with Crippen LogP contribution in [0.25, 0.3) is 0 Å². The molecule has 1 aromatic carbocycles. The first-order valence-corrected chi connectivity index (χ1v) is 7.31. The van der Waals surface area contributed by atoms with Gasteiger partial charge in [-0.2, -0.15) is 0 Å². The van der Waals surface area contributed by atoms with Gasteiger partial charge in [-0.1, -0.05) is 13.0 Å². The highest BCUT2D eigenvalue weighted by Gasteiger charge is 2.04. The SMILES string of the molecule is CCN(CCNc1ccc(F)cc1)Cc1cccc(C)n1. The molecule has 0 aliphatic carbocycles. The molecule has 0 amide bonds. The zero-order valence-electron chi connectivity index (χ0n) is 12.6. The van der Waals surface area contributed by atoms with Crippen LogP contribution < -0.4 is 5.32 Å². The van der Waals surface area contributed by atoms with Crippen LogP contribution in [-0.4, -0.2) is 29.5 Å². The van der Waals surface area contributed by atoms with Crippen LogP contribution in [-0.2, 0) is 6.54 Å². The number of hydrogen-bond acceptors (Lipinski definition) is 3. The van der Waals surface area contributed by atoms with Gasteiger partial charge in [-0.25, -0.2) is 4.39 Å². The monoisotopic (exact) mass is 287 g/mol. The molecule has 112 valence electrons. The average molecular weight is 287 g/mol. The number of halogens is 1. The lowest BCUT2D eigenvalue weighted by Gasteiger charge is -2.20. The number of hydrogen-bond donors (Lipinski definition) is 1. The lowest BCUT2D eigenvalue weighted by molar-refractivity contribution is 0.287. The zero-order valence-corrected chi connectivity index (χ0v) is 12.6. The maximum Gasteiger partial charge on any atom is 0.123 e. The van der Waals surface area contributed by atoms with E-state index in [9.17, 15) is 4.39 Å². The fourth-order valence-corrected chi connectivity index (χ4v) is 2.19. The Labute approximate surface area is 125 Å². The summed E-state index contributed by atoms with van der Waals surface area (Å²) in [6.45, 7) is 7.72. The van der Waals surface area contributed by atoms with Crippen LogP contribution in [0.15, 0.2) is 42.5 Å². The standard InChI is InChI=1S/C17H22FN3/c1-3-21(13-17-6-4-5-14(2)20-17)12-11-19-16-9-7-15(18)8-10-16/h4-10,19H,3,11-13H2,1-2H3. The van der Waals surface area contributed by atoms with E-state index >= 15 is 0 Å². The van der Waals surface area contributed by atoms with Gasteiger partial charge in [-0.05, 0) is 49.9 Å².